The zero-order chi connectivity index (χ0) is 23.5. The molecule has 6 nitrogen and oxygen atoms in total. The van der Waals surface area contributed by atoms with E-state index in [1.54, 1.807) is 12.0 Å². The number of ether oxygens (including phenoxy) is 2. The average Bonchev–Trinajstić information content (AvgIpc) is 3.14. The van der Waals surface area contributed by atoms with E-state index >= 15 is 0 Å². The SMILES string of the molecule is COc1cc(CN(C)C(=O)c2sc3nc(C)nc(C)c3c2C)ccc1OCc1ccccc1. The number of carbonyl (C=O) groups is 1. The van der Waals surface area contributed by atoms with Gasteiger partial charge in [-0.1, -0.05) is 36.4 Å². The quantitative estimate of drug-likeness (QED) is 0.365. The van der Waals surface area contributed by atoms with Crippen LogP contribution in [-0.4, -0.2) is 34.9 Å². The van der Waals surface area contributed by atoms with E-state index in [4.69, 9.17) is 9.47 Å². The molecule has 0 atom stereocenters. The molecule has 0 spiro atoms. The van der Waals surface area contributed by atoms with E-state index in [9.17, 15) is 4.79 Å². The second kappa shape index (κ2) is 9.58. The van der Waals surface area contributed by atoms with Crippen molar-refractivity contribution in [3.63, 3.8) is 0 Å². The van der Waals surface area contributed by atoms with Gasteiger partial charge in [0.15, 0.2) is 11.5 Å². The monoisotopic (exact) mass is 461 g/mol. The number of thiophene rings is 1. The molecule has 0 aliphatic heterocycles. The first kappa shape index (κ1) is 22.7. The van der Waals surface area contributed by atoms with Gasteiger partial charge in [-0.3, -0.25) is 4.79 Å². The summed E-state index contributed by atoms with van der Waals surface area (Å²) in [6.45, 7) is 6.71. The summed E-state index contributed by atoms with van der Waals surface area (Å²) in [4.78, 5) is 25.5. The number of aryl methyl sites for hydroxylation is 3. The van der Waals surface area contributed by atoms with Gasteiger partial charge in [-0.05, 0) is 49.6 Å². The zero-order valence-corrected chi connectivity index (χ0v) is 20.3. The van der Waals surface area contributed by atoms with Crippen molar-refractivity contribution in [3.8, 4) is 11.5 Å². The lowest BCUT2D eigenvalue weighted by molar-refractivity contribution is 0.0789. The Labute approximate surface area is 197 Å². The molecule has 0 aliphatic carbocycles. The van der Waals surface area contributed by atoms with E-state index in [2.05, 4.69) is 9.97 Å². The third-order valence-electron chi connectivity index (χ3n) is 5.51. The molecule has 4 aromatic rings. The van der Waals surface area contributed by atoms with Crippen molar-refractivity contribution in [2.75, 3.05) is 14.2 Å². The Morgan fingerprint density at radius 1 is 1.00 bits per heavy atom. The number of nitrogens with zero attached hydrogens (tertiary/aromatic N) is 3. The number of fused-ring (bicyclic) bond motifs is 1. The predicted octanol–water partition coefficient (Wildman–Crippen LogP) is 5.48. The molecule has 170 valence electrons. The Kier molecular flexibility index (Phi) is 6.60. The van der Waals surface area contributed by atoms with Crippen LogP contribution in [0.3, 0.4) is 0 Å². The fraction of sp³-hybridized carbons (Fsp3) is 0.269. The van der Waals surface area contributed by atoms with E-state index in [0.29, 0.717) is 29.5 Å². The van der Waals surface area contributed by atoms with Gasteiger partial charge in [0, 0.05) is 24.7 Å². The third-order valence-corrected chi connectivity index (χ3v) is 6.68. The second-order valence-corrected chi connectivity index (χ2v) is 9.01. The van der Waals surface area contributed by atoms with Gasteiger partial charge < -0.3 is 14.4 Å². The summed E-state index contributed by atoms with van der Waals surface area (Å²) in [6.07, 6.45) is 0. The van der Waals surface area contributed by atoms with Crippen molar-refractivity contribution < 1.29 is 14.3 Å². The Bertz CT molecular complexity index is 1300. The van der Waals surface area contributed by atoms with E-state index in [1.165, 1.54) is 11.3 Å². The Balaban J connectivity index is 1.50. The summed E-state index contributed by atoms with van der Waals surface area (Å²) >= 11 is 1.43. The molecule has 2 heterocycles. The molecule has 1 amide bonds. The fourth-order valence-corrected chi connectivity index (χ4v) is 5.13. The molecule has 2 aromatic carbocycles. The molecule has 0 N–H and O–H groups in total. The number of methoxy groups -OCH3 is 1. The summed E-state index contributed by atoms with van der Waals surface area (Å²) in [5.41, 5.74) is 3.89. The highest BCUT2D eigenvalue weighted by Crippen LogP contribution is 2.33. The van der Waals surface area contributed by atoms with Crippen LogP contribution in [0.25, 0.3) is 10.2 Å². The number of benzene rings is 2. The van der Waals surface area contributed by atoms with Crippen LogP contribution in [0.4, 0.5) is 0 Å². The number of hydrogen-bond acceptors (Lipinski definition) is 6. The number of rotatable bonds is 7. The van der Waals surface area contributed by atoms with Crippen LogP contribution in [0, 0.1) is 20.8 Å². The summed E-state index contributed by atoms with van der Waals surface area (Å²) in [5, 5.41) is 0.976. The van der Waals surface area contributed by atoms with E-state index < -0.39 is 0 Å². The maximum Gasteiger partial charge on any atom is 0.264 e. The summed E-state index contributed by atoms with van der Waals surface area (Å²) in [5.74, 6) is 2.00. The highest BCUT2D eigenvalue weighted by Gasteiger charge is 2.22. The Hall–Kier alpha value is -3.45. The first-order valence-electron chi connectivity index (χ1n) is 10.7. The standard InChI is InChI=1S/C26H27N3O3S/c1-16-23-17(2)27-18(3)28-25(23)33-24(16)26(30)29(4)14-20-11-12-21(22(13-20)31-5)32-15-19-9-7-6-8-10-19/h6-13H,14-15H2,1-5H3. The predicted molar refractivity (Wildman–Crippen MR) is 131 cm³/mol. The lowest BCUT2D eigenvalue weighted by atomic mass is 10.1. The van der Waals surface area contributed by atoms with Gasteiger partial charge in [0.1, 0.15) is 17.3 Å². The molecule has 33 heavy (non-hydrogen) atoms. The molecule has 7 heteroatoms. The maximum absolute atomic E-state index is 13.2. The molecule has 0 saturated carbocycles. The smallest absolute Gasteiger partial charge is 0.264 e. The van der Waals surface area contributed by atoms with Crippen molar-refractivity contribution in [3.05, 3.63) is 81.6 Å². The maximum atomic E-state index is 13.2. The van der Waals surface area contributed by atoms with Crippen molar-refractivity contribution in [2.24, 2.45) is 0 Å². The minimum absolute atomic E-state index is 0.0316. The molecule has 0 bridgehead atoms. The number of carbonyl (C=O) groups excluding carboxylic acids is 1. The molecule has 0 unspecified atom stereocenters. The largest absolute Gasteiger partial charge is 0.493 e. The van der Waals surface area contributed by atoms with Gasteiger partial charge in [-0.2, -0.15) is 0 Å². The minimum atomic E-state index is -0.0316. The molecule has 2 aromatic heterocycles. The second-order valence-electron chi connectivity index (χ2n) is 8.01. The summed E-state index contributed by atoms with van der Waals surface area (Å²) in [6, 6.07) is 15.8. The van der Waals surface area contributed by atoms with Crippen LogP contribution in [0.5, 0.6) is 11.5 Å². The van der Waals surface area contributed by atoms with Crippen molar-refractivity contribution in [2.45, 2.75) is 33.9 Å². The molecule has 0 radical (unpaired) electrons. The van der Waals surface area contributed by atoms with Crippen molar-refractivity contribution in [1.82, 2.24) is 14.9 Å². The third kappa shape index (κ3) is 4.83. The number of amides is 1. The van der Waals surface area contributed by atoms with Crippen LogP contribution in [-0.2, 0) is 13.2 Å². The summed E-state index contributed by atoms with van der Waals surface area (Å²) in [7, 11) is 3.43. The molecular weight excluding hydrogens is 434 g/mol. The van der Waals surface area contributed by atoms with E-state index in [1.807, 2.05) is 76.3 Å². The first-order chi connectivity index (χ1) is 15.9. The van der Waals surface area contributed by atoms with Gasteiger partial charge >= 0.3 is 0 Å². The normalized spacial score (nSPS) is 10.9. The van der Waals surface area contributed by atoms with Gasteiger partial charge in [-0.15, -0.1) is 11.3 Å². The average molecular weight is 462 g/mol. The molecule has 4 rings (SSSR count). The Morgan fingerprint density at radius 3 is 2.48 bits per heavy atom. The van der Waals surface area contributed by atoms with E-state index in [0.717, 1.165) is 38.4 Å². The van der Waals surface area contributed by atoms with Crippen LogP contribution in [0.15, 0.2) is 48.5 Å². The first-order valence-corrected chi connectivity index (χ1v) is 11.5. The van der Waals surface area contributed by atoms with E-state index in [-0.39, 0.29) is 5.91 Å². The van der Waals surface area contributed by atoms with Crippen LogP contribution in [0.2, 0.25) is 0 Å². The lowest BCUT2D eigenvalue weighted by Crippen LogP contribution is -2.26. The highest BCUT2D eigenvalue weighted by atomic mass is 32.1. The highest BCUT2D eigenvalue weighted by molar-refractivity contribution is 7.20. The van der Waals surface area contributed by atoms with Crippen LogP contribution < -0.4 is 9.47 Å². The fourth-order valence-electron chi connectivity index (χ4n) is 3.86. The molecular formula is C26H27N3O3S. The number of hydrogen-bond donors (Lipinski definition) is 0. The molecule has 0 fully saturated rings. The van der Waals surface area contributed by atoms with Gasteiger partial charge in [0.25, 0.3) is 5.91 Å². The topological polar surface area (TPSA) is 64.5 Å². The number of aromatic nitrogens is 2. The van der Waals surface area contributed by atoms with Gasteiger partial charge in [0.2, 0.25) is 0 Å². The summed E-state index contributed by atoms with van der Waals surface area (Å²) < 4.78 is 11.5. The van der Waals surface area contributed by atoms with Crippen LogP contribution >= 0.6 is 11.3 Å². The molecule has 0 aliphatic rings. The van der Waals surface area contributed by atoms with Gasteiger partial charge in [-0.25, -0.2) is 9.97 Å². The van der Waals surface area contributed by atoms with Crippen LogP contribution in [0.1, 0.15) is 37.9 Å². The zero-order valence-electron chi connectivity index (χ0n) is 19.5. The Morgan fingerprint density at radius 2 is 1.76 bits per heavy atom. The van der Waals surface area contributed by atoms with Crippen molar-refractivity contribution >= 4 is 27.5 Å². The van der Waals surface area contributed by atoms with Crippen molar-refractivity contribution in [1.29, 1.82) is 0 Å². The molecule has 0 saturated heterocycles. The minimum Gasteiger partial charge on any atom is -0.493 e. The van der Waals surface area contributed by atoms with Gasteiger partial charge in [0.05, 0.1) is 12.0 Å². The lowest BCUT2D eigenvalue weighted by Gasteiger charge is -2.18.